The number of carbonyl (C=O) groups is 2. The van der Waals surface area contributed by atoms with Gasteiger partial charge in [0.15, 0.2) is 11.6 Å². The fourth-order valence-corrected chi connectivity index (χ4v) is 10.8. The number of carboxylic acid groups (broad SMARTS) is 1. The van der Waals surface area contributed by atoms with Crippen LogP contribution in [-0.4, -0.2) is 106 Å². The number of hydrogen-bond donors (Lipinski definition) is 3. The van der Waals surface area contributed by atoms with Crippen LogP contribution in [0.2, 0.25) is 0 Å². The molecule has 0 bridgehead atoms. The number of esters is 1. The van der Waals surface area contributed by atoms with Crippen molar-refractivity contribution >= 4 is 11.9 Å². The summed E-state index contributed by atoms with van der Waals surface area (Å²) in [5.41, 5.74) is -0.815. The van der Waals surface area contributed by atoms with Crippen molar-refractivity contribution < 1.29 is 58.1 Å². The lowest BCUT2D eigenvalue weighted by Crippen LogP contribution is -2.57. The molecule has 1 aromatic carbocycles. The van der Waals surface area contributed by atoms with Gasteiger partial charge in [-0.2, -0.15) is 0 Å². The second-order valence-electron chi connectivity index (χ2n) is 18.0. The largest absolute Gasteiger partial charge is 0.481 e. The van der Waals surface area contributed by atoms with Crippen molar-refractivity contribution in [1.82, 2.24) is 0 Å². The molecule has 0 radical (unpaired) electrons. The number of benzene rings is 1. The Morgan fingerprint density at radius 2 is 1.69 bits per heavy atom. The molecule has 5 aliphatic rings. The number of aliphatic carboxylic acids is 1. The van der Waals surface area contributed by atoms with E-state index in [-0.39, 0.29) is 54.0 Å². The van der Waals surface area contributed by atoms with E-state index in [9.17, 15) is 24.9 Å². The first kappa shape index (κ1) is 42.4. The Labute approximate surface area is 326 Å². The van der Waals surface area contributed by atoms with Crippen LogP contribution in [0.1, 0.15) is 117 Å². The summed E-state index contributed by atoms with van der Waals surface area (Å²) in [5, 5.41) is 31.0. The molecule has 0 unspecified atom stereocenters. The highest BCUT2D eigenvalue weighted by Crippen LogP contribution is 2.55. The molecule has 3 N–H and O–H groups in total. The molecular weight excluding hydrogens is 708 g/mol. The lowest BCUT2D eigenvalue weighted by Gasteiger charge is -2.49. The van der Waals surface area contributed by atoms with Crippen LogP contribution in [0.15, 0.2) is 30.3 Å². The van der Waals surface area contributed by atoms with Crippen molar-refractivity contribution in [2.24, 2.45) is 35.5 Å². The van der Waals surface area contributed by atoms with Crippen molar-refractivity contribution in [2.75, 3.05) is 13.7 Å². The van der Waals surface area contributed by atoms with Gasteiger partial charge in [0, 0.05) is 37.7 Å². The van der Waals surface area contributed by atoms with E-state index in [2.05, 4.69) is 27.7 Å². The number of ether oxygens (including phenoxy) is 7. The van der Waals surface area contributed by atoms with Crippen LogP contribution in [0.3, 0.4) is 0 Å². The second-order valence-corrected chi connectivity index (χ2v) is 18.0. The molecule has 1 aromatic rings. The summed E-state index contributed by atoms with van der Waals surface area (Å²) in [5.74, 6) is -5.36. The van der Waals surface area contributed by atoms with Crippen LogP contribution in [0.5, 0.6) is 0 Å². The minimum atomic E-state index is -1.59. The first-order valence-electron chi connectivity index (χ1n) is 20.7. The van der Waals surface area contributed by atoms with Gasteiger partial charge in [-0.05, 0) is 76.3 Å². The monoisotopic (exact) mass is 774 g/mol. The Bertz CT molecular complexity index is 1490. The molecule has 0 amide bonds. The number of aliphatic hydroxyl groups is 2. The van der Waals surface area contributed by atoms with Gasteiger partial charge in [-0.1, -0.05) is 59.7 Å². The highest BCUT2D eigenvalue weighted by atomic mass is 16.7. The van der Waals surface area contributed by atoms with E-state index in [0.29, 0.717) is 24.8 Å². The summed E-state index contributed by atoms with van der Waals surface area (Å²) >= 11 is 0. The molecule has 0 aromatic heterocycles. The Balaban J connectivity index is 1.21. The van der Waals surface area contributed by atoms with Gasteiger partial charge >= 0.3 is 11.9 Å². The summed E-state index contributed by atoms with van der Waals surface area (Å²) < 4.78 is 46.4. The number of carboxylic acids is 1. The van der Waals surface area contributed by atoms with Gasteiger partial charge in [0.25, 0.3) is 0 Å². The van der Waals surface area contributed by atoms with E-state index >= 15 is 0 Å². The highest BCUT2D eigenvalue weighted by Gasteiger charge is 2.62. The highest BCUT2D eigenvalue weighted by molar-refractivity contribution is 5.89. The predicted octanol–water partition coefficient (Wildman–Crippen LogP) is 6.14. The second kappa shape index (κ2) is 16.2. The van der Waals surface area contributed by atoms with Crippen LogP contribution in [-0.2, 0) is 38.0 Å². The molecule has 12 nitrogen and oxygen atoms in total. The first-order valence-corrected chi connectivity index (χ1v) is 20.7. The first-order chi connectivity index (χ1) is 25.9. The minimum absolute atomic E-state index is 0.154. The molecule has 12 heteroatoms. The van der Waals surface area contributed by atoms with Crippen LogP contribution in [0.25, 0.3) is 0 Å². The normalized spacial score (nSPS) is 45.0. The Morgan fingerprint density at radius 1 is 0.982 bits per heavy atom. The molecule has 5 heterocycles. The number of aliphatic hydroxyl groups excluding tert-OH is 1. The zero-order chi connectivity index (χ0) is 40.1. The average Bonchev–Trinajstić information content (AvgIpc) is 3.88. The number of rotatable bonds is 12. The van der Waals surface area contributed by atoms with E-state index < -0.39 is 65.6 Å². The third-order valence-corrected chi connectivity index (χ3v) is 14.3. The lowest BCUT2D eigenvalue weighted by molar-refractivity contribution is -0.336. The SMILES string of the molecule is CC[C@@]1([C@@H]2O[C@@H]([C@H]3O[C@@](O)(CO)[C@H](C)C[C@@H]3C)C[C@@H]2C)CC[C@H]([C@]2(C)CC[C@]3(C[C@H](OC(=O)c4ccccc4)[C@@H](C)[C@@H]([C@@H](C)[C@@H](OC)[C@H](C)C(=O)O)O3)O2)O1. The van der Waals surface area contributed by atoms with Gasteiger partial charge in [0.2, 0.25) is 0 Å². The topological polar surface area (TPSA) is 159 Å². The summed E-state index contributed by atoms with van der Waals surface area (Å²) in [6.07, 6.45) is 2.55. The van der Waals surface area contributed by atoms with E-state index in [0.717, 1.165) is 32.1 Å². The Kier molecular flexibility index (Phi) is 12.5. The van der Waals surface area contributed by atoms with Gasteiger partial charge in [-0.3, -0.25) is 4.79 Å². The zero-order valence-corrected chi connectivity index (χ0v) is 34.3. The maximum atomic E-state index is 13.5. The predicted molar refractivity (Wildman–Crippen MR) is 202 cm³/mol. The summed E-state index contributed by atoms with van der Waals surface area (Å²) in [6.45, 7) is 15.6. The Morgan fingerprint density at radius 3 is 2.33 bits per heavy atom. The quantitative estimate of drug-likeness (QED) is 0.209. The zero-order valence-electron chi connectivity index (χ0n) is 34.3. The van der Waals surface area contributed by atoms with Crippen LogP contribution >= 0.6 is 0 Å². The molecule has 0 aliphatic carbocycles. The number of methoxy groups -OCH3 is 1. The van der Waals surface area contributed by atoms with Crippen molar-refractivity contribution in [3.05, 3.63) is 35.9 Å². The van der Waals surface area contributed by atoms with Gasteiger partial charge in [-0.25, -0.2) is 4.79 Å². The molecule has 310 valence electrons. The molecular formula is C43H66O12. The number of carbonyl (C=O) groups excluding carboxylic acids is 1. The molecule has 55 heavy (non-hydrogen) atoms. The van der Waals surface area contributed by atoms with E-state index in [4.69, 9.17) is 33.2 Å². The maximum absolute atomic E-state index is 13.5. The molecule has 5 fully saturated rings. The third kappa shape index (κ3) is 8.00. The molecule has 1 spiro atoms. The van der Waals surface area contributed by atoms with Crippen LogP contribution in [0.4, 0.5) is 0 Å². The summed E-state index contributed by atoms with van der Waals surface area (Å²) in [4.78, 5) is 25.6. The fraction of sp³-hybridized carbons (Fsp3) is 0.814. The summed E-state index contributed by atoms with van der Waals surface area (Å²) in [6, 6.07) is 8.91. The van der Waals surface area contributed by atoms with E-state index in [1.807, 2.05) is 26.8 Å². The summed E-state index contributed by atoms with van der Waals surface area (Å²) in [7, 11) is 1.52. The van der Waals surface area contributed by atoms with Gasteiger partial charge < -0.3 is 48.5 Å². The smallest absolute Gasteiger partial charge is 0.338 e. The Hall–Kier alpha value is -2.16. The van der Waals surface area contributed by atoms with Crippen molar-refractivity contribution in [3.63, 3.8) is 0 Å². The third-order valence-electron chi connectivity index (χ3n) is 14.3. The van der Waals surface area contributed by atoms with Crippen LogP contribution in [0, 0.1) is 35.5 Å². The number of hydrogen-bond acceptors (Lipinski definition) is 11. The van der Waals surface area contributed by atoms with Crippen LogP contribution < -0.4 is 0 Å². The molecule has 5 aliphatic heterocycles. The average molecular weight is 775 g/mol. The van der Waals surface area contributed by atoms with Crippen molar-refractivity contribution in [2.45, 2.75) is 172 Å². The maximum Gasteiger partial charge on any atom is 0.338 e. The van der Waals surface area contributed by atoms with Crippen molar-refractivity contribution in [1.29, 1.82) is 0 Å². The van der Waals surface area contributed by atoms with E-state index in [1.54, 1.807) is 31.2 Å². The lowest BCUT2D eigenvalue weighted by atomic mass is 9.78. The van der Waals surface area contributed by atoms with Gasteiger partial charge in [0.05, 0.1) is 65.9 Å². The van der Waals surface area contributed by atoms with Crippen molar-refractivity contribution in [3.8, 4) is 0 Å². The fourth-order valence-electron chi connectivity index (χ4n) is 10.8. The van der Waals surface area contributed by atoms with Gasteiger partial charge in [0.1, 0.15) is 6.10 Å². The van der Waals surface area contributed by atoms with E-state index in [1.165, 1.54) is 7.11 Å². The molecule has 6 rings (SSSR count). The molecule has 17 atom stereocenters. The molecule has 5 saturated heterocycles. The standard InChI is InChI=1S/C43H66O12/c1-10-41(37-25(3)21-31(50-37)34-24(2)20-26(4)43(48,23-44)54-34)17-16-33(52-41)40(8)18-19-42(55-40)22-32(51-39(47)30-14-12-11-13-15-30)27(5)36(53-42)28(6)35(49-9)29(7)38(45)46/h11-15,24-29,31-37,44,48H,10,16-23H2,1-9H3,(H,45,46)/t24-,25-,26+,27+,28-,29-,31+,32-,33+,34-,35+,36-,37+,40-,41-,42+,43-/m0/s1. The van der Waals surface area contributed by atoms with Gasteiger partial charge in [-0.15, -0.1) is 0 Å². The molecule has 0 saturated carbocycles. The minimum Gasteiger partial charge on any atom is -0.481 e.